The maximum Gasteiger partial charge on any atom is 0.0856 e. The Morgan fingerprint density at radius 2 is 1.65 bits per heavy atom. The first-order valence-electron chi connectivity index (χ1n) is 8.19. The van der Waals surface area contributed by atoms with Gasteiger partial charge in [-0.3, -0.25) is 0 Å². The van der Waals surface area contributed by atoms with Gasteiger partial charge < -0.3 is 0 Å². The van der Waals surface area contributed by atoms with Crippen molar-refractivity contribution in [2.24, 2.45) is 4.99 Å². The lowest BCUT2D eigenvalue weighted by atomic mass is 9.75. The third-order valence-electron chi connectivity index (χ3n) is 4.40. The van der Waals surface area contributed by atoms with E-state index in [1.54, 1.807) is 0 Å². The molecule has 2 aromatic rings. The van der Waals surface area contributed by atoms with Crippen molar-refractivity contribution >= 4 is 34.3 Å². The van der Waals surface area contributed by atoms with Crippen molar-refractivity contribution in [3.05, 3.63) is 65.7 Å². The Morgan fingerprint density at radius 1 is 0.957 bits per heavy atom. The second-order valence-electron chi connectivity index (χ2n) is 5.81. The van der Waals surface area contributed by atoms with Crippen LogP contribution in [0, 0.1) is 0 Å². The predicted octanol–water partition coefficient (Wildman–Crippen LogP) is 6.24. The lowest BCUT2D eigenvalue weighted by Crippen LogP contribution is -2.38. The average molecular weight is 342 g/mol. The lowest BCUT2D eigenvalue weighted by molar-refractivity contribution is 0.620. The summed E-state index contributed by atoms with van der Waals surface area (Å²) in [6.45, 7) is 6.82. The normalized spacial score (nSPS) is 23.3. The Morgan fingerprint density at radius 3 is 2.35 bits per heavy atom. The largest absolute Gasteiger partial charge is 0.245 e. The number of fused-ring (bicyclic) bond motifs is 1. The molecule has 0 bridgehead atoms. The molecule has 0 saturated carbocycles. The molecule has 0 fully saturated rings. The summed E-state index contributed by atoms with van der Waals surface area (Å²) < 4.78 is 0. The molecule has 3 rings (SSSR count). The van der Waals surface area contributed by atoms with Gasteiger partial charge in [0.1, 0.15) is 0 Å². The number of thioether (sulfide) groups is 2. The van der Waals surface area contributed by atoms with Crippen LogP contribution in [0.2, 0.25) is 0 Å². The molecule has 0 N–H and O–H groups in total. The van der Waals surface area contributed by atoms with Crippen LogP contribution in [0.15, 0.2) is 59.6 Å². The first-order chi connectivity index (χ1) is 11.2. The maximum atomic E-state index is 5.06. The molecule has 23 heavy (non-hydrogen) atoms. The minimum atomic E-state index is -0.0725. The highest BCUT2D eigenvalue weighted by atomic mass is 32.2. The predicted molar refractivity (Wildman–Crippen MR) is 106 cm³/mol. The first-order valence-corrected chi connectivity index (χ1v) is 10.2. The summed E-state index contributed by atoms with van der Waals surface area (Å²) in [5.41, 5.74) is 3.80. The van der Waals surface area contributed by atoms with E-state index in [0.717, 1.165) is 17.2 Å². The van der Waals surface area contributed by atoms with Crippen molar-refractivity contribution in [3.8, 4) is 0 Å². The third kappa shape index (κ3) is 2.97. The first kappa shape index (κ1) is 16.7. The maximum absolute atomic E-state index is 5.06. The van der Waals surface area contributed by atoms with E-state index in [-0.39, 0.29) is 5.41 Å². The highest BCUT2D eigenvalue weighted by Crippen LogP contribution is 2.54. The number of rotatable bonds is 4. The van der Waals surface area contributed by atoms with Crippen LogP contribution in [-0.4, -0.2) is 16.5 Å². The molecule has 1 nitrogen and oxygen atoms in total. The summed E-state index contributed by atoms with van der Waals surface area (Å²) in [7, 11) is 0. The quantitative estimate of drug-likeness (QED) is 0.653. The van der Waals surface area contributed by atoms with Crippen molar-refractivity contribution in [2.45, 2.75) is 31.4 Å². The molecule has 0 aliphatic carbocycles. The highest BCUT2D eigenvalue weighted by Gasteiger charge is 2.45. The van der Waals surface area contributed by atoms with Crippen molar-refractivity contribution in [2.75, 3.05) is 11.5 Å². The highest BCUT2D eigenvalue weighted by molar-refractivity contribution is 8.14. The molecule has 120 valence electrons. The van der Waals surface area contributed by atoms with Gasteiger partial charge in [-0.05, 0) is 35.6 Å². The molecule has 2 atom stereocenters. The third-order valence-corrected chi connectivity index (χ3v) is 6.87. The molecule has 1 aliphatic heterocycles. The Hall–Kier alpha value is -1.19. The van der Waals surface area contributed by atoms with Gasteiger partial charge in [0.15, 0.2) is 0 Å². The van der Waals surface area contributed by atoms with Crippen LogP contribution >= 0.6 is 23.5 Å². The van der Waals surface area contributed by atoms with Crippen LogP contribution in [0.3, 0.4) is 0 Å². The van der Waals surface area contributed by atoms with Crippen LogP contribution in [0.4, 0.5) is 5.69 Å². The summed E-state index contributed by atoms with van der Waals surface area (Å²) in [5.74, 6) is 2.15. The zero-order chi connectivity index (χ0) is 16.3. The second kappa shape index (κ2) is 7.14. The van der Waals surface area contributed by atoms with E-state index in [1.165, 1.54) is 16.2 Å². The number of para-hydroxylation sites is 1. The van der Waals surface area contributed by atoms with Crippen LogP contribution < -0.4 is 0 Å². The van der Waals surface area contributed by atoms with Gasteiger partial charge in [0, 0.05) is 5.25 Å². The fourth-order valence-corrected chi connectivity index (χ4v) is 5.60. The summed E-state index contributed by atoms with van der Waals surface area (Å²) in [6.07, 6.45) is 0. The minimum absolute atomic E-state index is 0.0725. The molecule has 0 aromatic heterocycles. The Bertz CT molecular complexity index is 696. The topological polar surface area (TPSA) is 12.4 Å². The summed E-state index contributed by atoms with van der Waals surface area (Å²) >= 11 is 3.92. The zero-order valence-electron chi connectivity index (χ0n) is 14.0. The monoisotopic (exact) mass is 341 g/mol. The van der Waals surface area contributed by atoms with Crippen molar-refractivity contribution < 1.29 is 0 Å². The second-order valence-corrected chi connectivity index (χ2v) is 8.45. The minimum Gasteiger partial charge on any atom is -0.245 e. The van der Waals surface area contributed by atoms with Crippen LogP contribution in [0.5, 0.6) is 0 Å². The molecule has 1 aliphatic rings. The molecule has 1 heterocycles. The number of aliphatic imine (C=N–C) groups is 1. The van der Waals surface area contributed by atoms with E-state index in [0.29, 0.717) is 5.25 Å². The van der Waals surface area contributed by atoms with Gasteiger partial charge in [-0.15, -0.1) is 11.8 Å². The van der Waals surface area contributed by atoms with Gasteiger partial charge in [0.25, 0.3) is 0 Å². The van der Waals surface area contributed by atoms with E-state index < -0.39 is 0 Å². The van der Waals surface area contributed by atoms with Crippen molar-refractivity contribution in [3.63, 3.8) is 0 Å². The van der Waals surface area contributed by atoms with Gasteiger partial charge in [-0.25, -0.2) is 4.99 Å². The number of hydrogen-bond acceptors (Lipinski definition) is 3. The van der Waals surface area contributed by atoms with Crippen molar-refractivity contribution in [1.82, 2.24) is 0 Å². The number of benzene rings is 2. The summed E-state index contributed by atoms with van der Waals surface area (Å²) in [6, 6.07) is 19.5. The van der Waals surface area contributed by atoms with Gasteiger partial charge in [-0.2, -0.15) is 11.8 Å². The van der Waals surface area contributed by atoms with Gasteiger partial charge in [-0.1, -0.05) is 62.4 Å². The van der Waals surface area contributed by atoms with Gasteiger partial charge in [0.05, 0.1) is 16.1 Å². The number of nitrogens with zero attached hydrogens (tertiary/aromatic N) is 1. The summed E-state index contributed by atoms with van der Waals surface area (Å²) in [4.78, 5) is 5.06. The molecule has 0 unspecified atom stereocenters. The van der Waals surface area contributed by atoms with Crippen LogP contribution in [0.25, 0.3) is 0 Å². The van der Waals surface area contributed by atoms with E-state index in [4.69, 9.17) is 4.99 Å². The van der Waals surface area contributed by atoms with E-state index >= 15 is 0 Å². The van der Waals surface area contributed by atoms with Crippen LogP contribution in [0.1, 0.15) is 37.1 Å². The van der Waals surface area contributed by atoms with E-state index in [1.807, 2.05) is 23.5 Å². The SMILES string of the molecule is CCSC1=Nc2ccccc2[C@@H](SCC)[C@@]1(C)c1ccccc1. The van der Waals surface area contributed by atoms with Gasteiger partial charge in [0.2, 0.25) is 0 Å². The molecular weight excluding hydrogens is 318 g/mol. The lowest BCUT2D eigenvalue weighted by Gasteiger charge is -2.42. The van der Waals surface area contributed by atoms with Gasteiger partial charge >= 0.3 is 0 Å². The molecule has 2 aromatic carbocycles. The summed E-state index contributed by atoms with van der Waals surface area (Å²) in [5, 5.41) is 1.65. The fourth-order valence-electron chi connectivity index (χ4n) is 3.26. The van der Waals surface area contributed by atoms with E-state index in [9.17, 15) is 0 Å². The Labute approximate surface area is 148 Å². The molecular formula is C20H23NS2. The molecule has 0 saturated heterocycles. The van der Waals surface area contributed by atoms with Crippen molar-refractivity contribution in [1.29, 1.82) is 0 Å². The fraction of sp³-hybridized carbons (Fsp3) is 0.350. The smallest absolute Gasteiger partial charge is 0.0856 e. The molecule has 0 radical (unpaired) electrons. The Balaban J connectivity index is 2.21. The van der Waals surface area contributed by atoms with Crippen LogP contribution in [-0.2, 0) is 5.41 Å². The molecule has 0 spiro atoms. The van der Waals surface area contributed by atoms with E-state index in [2.05, 4.69) is 75.4 Å². The standard InChI is InChI=1S/C20H23NS2/c1-4-22-18-16-13-9-10-14-17(16)21-19(23-5-2)20(18,3)15-11-7-6-8-12-15/h6-14,18H,4-5H2,1-3H3/t18-,20-/m1/s1. The number of hydrogen-bond donors (Lipinski definition) is 0. The zero-order valence-corrected chi connectivity index (χ0v) is 15.6. The molecule has 0 amide bonds. The Kier molecular flexibility index (Phi) is 5.17. The average Bonchev–Trinajstić information content (AvgIpc) is 2.59. The molecule has 3 heteroatoms.